The van der Waals surface area contributed by atoms with Gasteiger partial charge in [0.25, 0.3) is 11.8 Å². The molecule has 2 aromatic heterocycles. The Morgan fingerprint density at radius 2 is 1.83 bits per heavy atom. The van der Waals surface area contributed by atoms with Gasteiger partial charge in [-0.15, -0.1) is 11.3 Å². The third-order valence-corrected chi connectivity index (χ3v) is 8.56. The quantitative estimate of drug-likeness (QED) is 0.530. The van der Waals surface area contributed by atoms with Crippen LogP contribution >= 0.6 is 11.3 Å². The van der Waals surface area contributed by atoms with Gasteiger partial charge in [0.05, 0.1) is 17.0 Å². The minimum Gasteiger partial charge on any atom is -0.391 e. The molecule has 1 aliphatic carbocycles. The number of aliphatic hydroxyl groups is 1. The molecule has 2 aromatic rings. The largest absolute Gasteiger partial charge is 0.408 e. The summed E-state index contributed by atoms with van der Waals surface area (Å²) in [6, 6.07) is -0.306. The SMILES string of the molecule is Cc1cc(N[C@@H](C)C(F)(F)F)ncc1-c1sc(C(=O)NC2CCC2O)nc1C(=O)N1C2CCC1CC2. The Morgan fingerprint density at radius 1 is 1.17 bits per heavy atom. The fourth-order valence-corrected chi connectivity index (χ4v) is 6.20. The maximum absolute atomic E-state index is 13.7. The highest BCUT2D eigenvalue weighted by molar-refractivity contribution is 7.17. The molecule has 36 heavy (non-hydrogen) atoms. The molecule has 3 fully saturated rings. The van der Waals surface area contributed by atoms with E-state index in [0.717, 1.165) is 43.9 Å². The van der Waals surface area contributed by atoms with E-state index in [1.54, 1.807) is 6.92 Å². The molecule has 3 atom stereocenters. The van der Waals surface area contributed by atoms with Crippen LogP contribution in [0.2, 0.25) is 0 Å². The summed E-state index contributed by atoms with van der Waals surface area (Å²) in [5, 5.41) is 15.1. The van der Waals surface area contributed by atoms with Crippen molar-refractivity contribution in [3.63, 3.8) is 0 Å². The van der Waals surface area contributed by atoms with Crippen LogP contribution in [-0.4, -0.2) is 68.2 Å². The second-order valence-corrected chi connectivity index (χ2v) is 10.9. The molecule has 2 aliphatic heterocycles. The van der Waals surface area contributed by atoms with Crippen LogP contribution in [0.1, 0.15) is 71.3 Å². The number of fused-ring (bicyclic) bond motifs is 2. The molecule has 0 radical (unpaired) electrons. The number of aliphatic hydroxyl groups excluding tert-OH is 1. The van der Waals surface area contributed by atoms with Crippen molar-refractivity contribution in [2.24, 2.45) is 0 Å². The van der Waals surface area contributed by atoms with Crippen molar-refractivity contribution in [3.05, 3.63) is 28.5 Å². The highest BCUT2D eigenvalue weighted by Gasteiger charge is 2.44. The number of anilines is 1. The van der Waals surface area contributed by atoms with Crippen LogP contribution in [0.3, 0.4) is 0 Å². The summed E-state index contributed by atoms with van der Waals surface area (Å²) in [7, 11) is 0. The Balaban J connectivity index is 1.48. The molecule has 3 N–H and O–H groups in total. The van der Waals surface area contributed by atoms with Gasteiger partial charge in [0, 0.05) is 23.8 Å². The summed E-state index contributed by atoms with van der Waals surface area (Å²) < 4.78 is 38.9. The van der Waals surface area contributed by atoms with Crippen molar-refractivity contribution in [3.8, 4) is 10.4 Å². The van der Waals surface area contributed by atoms with Crippen LogP contribution < -0.4 is 10.6 Å². The predicted octanol–water partition coefficient (Wildman–Crippen LogP) is 3.90. The van der Waals surface area contributed by atoms with Crippen molar-refractivity contribution in [1.29, 1.82) is 0 Å². The van der Waals surface area contributed by atoms with E-state index in [-0.39, 0.29) is 40.6 Å². The summed E-state index contributed by atoms with van der Waals surface area (Å²) in [6.45, 7) is 2.73. The fourth-order valence-electron chi connectivity index (χ4n) is 5.17. The van der Waals surface area contributed by atoms with Crippen molar-refractivity contribution in [2.75, 3.05) is 5.32 Å². The monoisotopic (exact) mass is 523 g/mol. The average Bonchev–Trinajstić information content (AvgIpc) is 3.55. The van der Waals surface area contributed by atoms with Crippen LogP contribution in [0.5, 0.6) is 0 Å². The standard InChI is InChI=1S/C24H28F3N5O3S/c1-11-9-18(29-12(2)24(25,26)27)28-10-15(11)20-19(23(35)32-13-3-4-14(32)6-5-13)31-22(36-20)21(34)30-16-7-8-17(16)33/h9-10,12-14,16-17,33H,3-8H2,1-2H3,(H,28,29)(H,30,34)/t12-,13?,14?,16?,17?/m0/s1. The van der Waals surface area contributed by atoms with Crippen molar-refractivity contribution in [2.45, 2.75) is 88.8 Å². The number of pyridine rings is 1. The first kappa shape index (κ1) is 24.9. The first-order chi connectivity index (χ1) is 17.0. The molecule has 8 nitrogen and oxygen atoms in total. The number of hydrogen-bond acceptors (Lipinski definition) is 7. The van der Waals surface area contributed by atoms with E-state index in [1.165, 1.54) is 12.3 Å². The van der Waals surface area contributed by atoms with Gasteiger partial charge in [0.1, 0.15) is 17.6 Å². The zero-order valence-electron chi connectivity index (χ0n) is 19.9. The van der Waals surface area contributed by atoms with Gasteiger partial charge in [-0.2, -0.15) is 13.2 Å². The number of thiazole rings is 1. The Labute approximate surface area is 210 Å². The van der Waals surface area contributed by atoms with Crippen LogP contribution in [0.25, 0.3) is 10.4 Å². The molecule has 0 spiro atoms. The Morgan fingerprint density at radius 3 is 2.36 bits per heavy atom. The highest BCUT2D eigenvalue weighted by atomic mass is 32.1. The Hall–Kier alpha value is -2.73. The molecular formula is C24H28F3N5O3S. The van der Waals surface area contributed by atoms with Gasteiger partial charge in [-0.3, -0.25) is 9.59 Å². The molecule has 194 valence electrons. The fraction of sp³-hybridized carbons (Fsp3) is 0.583. The van der Waals surface area contributed by atoms with Gasteiger partial charge in [0.15, 0.2) is 5.01 Å². The number of nitrogens with one attached hydrogen (secondary N) is 2. The maximum Gasteiger partial charge on any atom is 0.408 e. The number of aromatic nitrogens is 2. The number of halogens is 3. The molecule has 2 unspecified atom stereocenters. The van der Waals surface area contributed by atoms with Crippen molar-refractivity contribution in [1.82, 2.24) is 20.2 Å². The van der Waals surface area contributed by atoms with E-state index in [1.807, 2.05) is 4.90 Å². The molecule has 4 heterocycles. The number of alkyl halides is 3. The van der Waals surface area contributed by atoms with Crippen molar-refractivity contribution >= 4 is 29.0 Å². The van der Waals surface area contributed by atoms with Gasteiger partial charge in [-0.1, -0.05) is 0 Å². The van der Waals surface area contributed by atoms with Gasteiger partial charge in [-0.25, -0.2) is 9.97 Å². The van der Waals surface area contributed by atoms with E-state index in [9.17, 15) is 27.9 Å². The lowest BCUT2D eigenvalue weighted by Crippen LogP contribution is -2.50. The van der Waals surface area contributed by atoms with E-state index >= 15 is 0 Å². The number of nitrogens with zero attached hydrogens (tertiary/aromatic N) is 3. The molecule has 2 bridgehead atoms. The van der Waals surface area contributed by atoms with E-state index in [2.05, 4.69) is 20.6 Å². The lowest BCUT2D eigenvalue weighted by Gasteiger charge is -2.32. The first-order valence-electron chi connectivity index (χ1n) is 12.2. The summed E-state index contributed by atoms with van der Waals surface area (Å²) in [5.74, 6) is -0.634. The molecule has 0 aromatic carbocycles. The van der Waals surface area contributed by atoms with Crippen LogP contribution in [0.4, 0.5) is 19.0 Å². The number of rotatable bonds is 6. The second-order valence-electron chi connectivity index (χ2n) is 9.89. The minimum absolute atomic E-state index is 0.0630. The number of amides is 2. The van der Waals surface area contributed by atoms with Crippen LogP contribution in [0.15, 0.2) is 12.3 Å². The smallest absolute Gasteiger partial charge is 0.391 e. The summed E-state index contributed by atoms with van der Waals surface area (Å²) in [6.07, 6.45) is 1.47. The summed E-state index contributed by atoms with van der Waals surface area (Å²) in [4.78, 5) is 37.5. The molecule has 5 rings (SSSR count). The predicted molar refractivity (Wildman–Crippen MR) is 128 cm³/mol. The molecule has 12 heteroatoms. The van der Waals surface area contributed by atoms with Crippen LogP contribution in [0, 0.1) is 6.92 Å². The van der Waals surface area contributed by atoms with E-state index in [4.69, 9.17) is 0 Å². The summed E-state index contributed by atoms with van der Waals surface area (Å²) in [5.41, 5.74) is 1.30. The zero-order chi connectivity index (χ0) is 25.8. The maximum atomic E-state index is 13.7. The lowest BCUT2D eigenvalue weighted by atomic mass is 9.89. The number of hydrogen-bond donors (Lipinski definition) is 3. The molecule has 1 saturated carbocycles. The number of carbonyl (C=O) groups excluding carboxylic acids is 2. The topological polar surface area (TPSA) is 107 Å². The third-order valence-electron chi connectivity index (χ3n) is 7.48. The summed E-state index contributed by atoms with van der Waals surface area (Å²) >= 11 is 1.05. The van der Waals surface area contributed by atoms with Crippen LogP contribution in [-0.2, 0) is 0 Å². The molecule has 3 aliphatic rings. The first-order valence-corrected chi connectivity index (χ1v) is 13.0. The lowest BCUT2D eigenvalue weighted by molar-refractivity contribution is -0.138. The highest BCUT2D eigenvalue weighted by Crippen LogP contribution is 2.41. The third kappa shape index (κ3) is 4.56. The molecular weight excluding hydrogens is 495 g/mol. The van der Waals surface area contributed by atoms with Gasteiger partial charge < -0.3 is 20.6 Å². The van der Waals surface area contributed by atoms with Crippen molar-refractivity contribution < 1.29 is 27.9 Å². The Kier molecular flexibility index (Phi) is 6.44. The van der Waals surface area contributed by atoms with Gasteiger partial charge >= 0.3 is 6.18 Å². The van der Waals surface area contributed by atoms with E-state index < -0.39 is 24.2 Å². The average molecular weight is 524 g/mol. The molecule has 2 amide bonds. The number of aryl methyl sites for hydroxylation is 1. The van der Waals surface area contributed by atoms with Gasteiger partial charge in [0.2, 0.25) is 0 Å². The second kappa shape index (κ2) is 9.29. The van der Waals surface area contributed by atoms with Gasteiger partial charge in [-0.05, 0) is 64.0 Å². The normalized spacial score (nSPS) is 26.0. The number of carbonyl (C=O) groups is 2. The zero-order valence-corrected chi connectivity index (χ0v) is 20.7. The Bertz CT molecular complexity index is 1170. The van der Waals surface area contributed by atoms with E-state index in [0.29, 0.717) is 28.8 Å². The minimum atomic E-state index is -4.42. The molecule has 2 saturated heterocycles.